The highest BCUT2D eigenvalue weighted by atomic mass is 16.5. The maximum Gasteiger partial charge on any atom is 0.321 e. The Morgan fingerprint density at radius 2 is 1.83 bits per heavy atom. The molecule has 0 bridgehead atoms. The van der Waals surface area contributed by atoms with Crippen LogP contribution in [-0.4, -0.2) is 46.9 Å². The zero-order valence-electron chi connectivity index (χ0n) is 20.9. The fourth-order valence-corrected chi connectivity index (χ4v) is 5.71. The average molecular weight is 488 g/mol. The molecule has 1 fully saturated rings. The Morgan fingerprint density at radius 3 is 2.58 bits per heavy atom. The van der Waals surface area contributed by atoms with Crippen molar-refractivity contribution in [2.24, 2.45) is 0 Å². The second kappa shape index (κ2) is 10.3. The van der Waals surface area contributed by atoms with E-state index in [2.05, 4.69) is 49.4 Å². The van der Waals surface area contributed by atoms with Crippen molar-refractivity contribution in [1.82, 2.24) is 4.90 Å². The lowest BCUT2D eigenvalue weighted by Gasteiger charge is -2.25. The number of benzene rings is 3. The summed E-state index contributed by atoms with van der Waals surface area (Å²) in [6.07, 6.45) is 2.49. The number of aliphatic hydroxyl groups is 1. The zero-order valence-corrected chi connectivity index (χ0v) is 20.9. The Balaban J connectivity index is 1.41. The number of ether oxygens (including phenoxy) is 2. The van der Waals surface area contributed by atoms with Crippen LogP contribution in [0.2, 0.25) is 0 Å². The summed E-state index contributed by atoms with van der Waals surface area (Å²) in [6, 6.07) is 18.0. The van der Waals surface area contributed by atoms with E-state index in [0.29, 0.717) is 25.4 Å². The third-order valence-corrected chi connectivity index (χ3v) is 7.60. The normalized spacial score (nSPS) is 19.3. The monoisotopic (exact) mass is 487 g/mol. The lowest BCUT2D eigenvalue weighted by molar-refractivity contribution is -0.142. The topological polar surface area (TPSA) is 79.2 Å². The first-order chi connectivity index (χ1) is 17.5. The second-order valence-corrected chi connectivity index (χ2v) is 9.78. The Kier molecular flexibility index (Phi) is 6.99. The lowest BCUT2D eigenvalue weighted by Crippen LogP contribution is -2.35. The Bertz CT molecular complexity index is 1260. The standard InChI is InChI=1S/C30H33NO5/c1-19-21(10-6-11-23(19)20-8-4-3-5-9-20)18-36-29-15-28(35-2)26(24-12-7-13-25(24)29)17-31-16-22(32)14-27(31)30(33)34/h3-6,8-11,15,22,27,32H,7,12-14,16-18H2,1-2H3,(H,33,34)/t22-,27+/m1/s1. The Morgan fingerprint density at radius 1 is 1.06 bits per heavy atom. The summed E-state index contributed by atoms with van der Waals surface area (Å²) in [5.74, 6) is 0.657. The van der Waals surface area contributed by atoms with Gasteiger partial charge in [-0.3, -0.25) is 9.69 Å². The van der Waals surface area contributed by atoms with Crippen LogP contribution in [0, 0.1) is 6.92 Å². The predicted octanol–water partition coefficient (Wildman–Crippen LogP) is 4.76. The highest BCUT2D eigenvalue weighted by molar-refractivity contribution is 5.74. The molecule has 5 rings (SSSR count). The number of carboxylic acids is 1. The van der Waals surface area contributed by atoms with Gasteiger partial charge in [0.25, 0.3) is 0 Å². The molecular formula is C30H33NO5. The van der Waals surface area contributed by atoms with Crippen molar-refractivity contribution >= 4 is 5.97 Å². The lowest BCUT2D eigenvalue weighted by atomic mass is 9.97. The number of methoxy groups -OCH3 is 1. The number of fused-ring (bicyclic) bond motifs is 1. The van der Waals surface area contributed by atoms with Gasteiger partial charge in [0, 0.05) is 31.1 Å². The van der Waals surface area contributed by atoms with Crippen LogP contribution >= 0.6 is 0 Å². The van der Waals surface area contributed by atoms with Gasteiger partial charge >= 0.3 is 5.97 Å². The van der Waals surface area contributed by atoms with E-state index >= 15 is 0 Å². The predicted molar refractivity (Wildman–Crippen MR) is 138 cm³/mol. The quantitative estimate of drug-likeness (QED) is 0.477. The fourth-order valence-electron chi connectivity index (χ4n) is 5.71. The molecule has 0 saturated carbocycles. The molecule has 2 atom stereocenters. The Labute approximate surface area is 212 Å². The van der Waals surface area contributed by atoms with Crippen molar-refractivity contribution in [3.05, 3.63) is 82.4 Å². The van der Waals surface area contributed by atoms with E-state index in [0.717, 1.165) is 36.1 Å². The van der Waals surface area contributed by atoms with Gasteiger partial charge in [-0.2, -0.15) is 0 Å². The number of β-amino-alcohol motifs (C(OH)–C–C–N with tert-alkyl or cyclic N) is 1. The van der Waals surface area contributed by atoms with Crippen molar-refractivity contribution in [2.45, 2.75) is 57.9 Å². The zero-order chi connectivity index (χ0) is 25.2. The van der Waals surface area contributed by atoms with E-state index < -0.39 is 18.1 Å². The van der Waals surface area contributed by atoms with Gasteiger partial charge < -0.3 is 19.7 Å². The third-order valence-electron chi connectivity index (χ3n) is 7.60. The number of carbonyl (C=O) groups is 1. The van der Waals surface area contributed by atoms with E-state index in [1.54, 1.807) is 7.11 Å². The molecule has 0 unspecified atom stereocenters. The molecule has 2 N–H and O–H groups in total. The van der Waals surface area contributed by atoms with Crippen LogP contribution in [-0.2, 0) is 30.8 Å². The molecule has 36 heavy (non-hydrogen) atoms. The van der Waals surface area contributed by atoms with Crippen LogP contribution in [0.25, 0.3) is 11.1 Å². The molecule has 3 aromatic rings. The van der Waals surface area contributed by atoms with Gasteiger partial charge in [-0.05, 0) is 59.6 Å². The minimum Gasteiger partial charge on any atom is -0.496 e. The molecule has 0 amide bonds. The molecule has 2 aliphatic rings. The van der Waals surface area contributed by atoms with E-state index in [9.17, 15) is 15.0 Å². The minimum absolute atomic E-state index is 0.252. The number of hydrogen-bond acceptors (Lipinski definition) is 5. The minimum atomic E-state index is -0.893. The van der Waals surface area contributed by atoms with Crippen molar-refractivity contribution in [2.75, 3.05) is 13.7 Å². The maximum atomic E-state index is 11.7. The van der Waals surface area contributed by atoms with Gasteiger partial charge in [0.15, 0.2) is 0 Å². The molecule has 1 saturated heterocycles. The molecule has 3 aromatic carbocycles. The van der Waals surface area contributed by atoms with Crippen LogP contribution in [0.1, 0.15) is 40.7 Å². The molecule has 0 spiro atoms. The number of nitrogens with zero attached hydrogens (tertiary/aromatic N) is 1. The van der Waals surface area contributed by atoms with Gasteiger partial charge in [0.2, 0.25) is 0 Å². The SMILES string of the molecule is COc1cc(OCc2cccc(-c3ccccc3)c2C)c2c(c1CN1C[C@H](O)C[C@H]1C(=O)O)CCC2. The Hall–Kier alpha value is -3.35. The van der Waals surface area contributed by atoms with Crippen LogP contribution in [0.4, 0.5) is 0 Å². The van der Waals surface area contributed by atoms with Crippen LogP contribution < -0.4 is 9.47 Å². The number of carboxylic acid groups (broad SMARTS) is 1. The van der Waals surface area contributed by atoms with Gasteiger partial charge in [0.05, 0.1) is 13.2 Å². The third kappa shape index (κ3) is 4.71. The summed E-state index contributed by atoms with van der Waals surface area (Å²) in [5.41, 5.74) is 8.14. The smallest absolute Gasteiger partial charge is 0.321 e. The number of aliphatic hydroxyl groups excluding tert-OH is 1. The van der Waals surface area contributed by atoms with Gasteiger partial charge in [0.1, 0.15) is 24.1 Å². The van der Waals surface area contributed by atoms with E-state index in [1.807, 2.05) is 17.0 Å². The van der Waals surface area contributed by atoms with Crippen LogP contribution in [0.3, 0.4) is 0 Å². The first kappa shape index (κ1) is 24.3. The van der Waals surface area contributed by atoms with E-state index in [4.69, 9.17) is 9.47 Å². The number of likely N-dealkylation sites (tertiary alicyclic amines) is 1. The van der Waals surface area contributed by atoms with E-state index in [-0.39, 0.29) is 6.42 Å². The molecule has 1 aliphatic carbocycles. The van der Waals surface area contributed by atoms with Crippen LogP contribution in [0.5, 0.6) is 11.5 Å². The van der Waals surface area contributed by atoms with Gasteiger partial charge in [-0.25, -0.2) is 0 Å². The molecule has 1 aliphatic heterocycles. The van der Waals surface area contributed by atoms with Gasteiger partial charge in [-0.1, -0.05) is 48.5 Å². The largest absolute Gasteiger partial charge is 0.496 e. The molecule has 188 valence electrons. The highest BCUT2D eigenvalue weighted by Gasteiger charge is 2.37. The average Bonchev–Trinajstić information content (AvgIpc) is 3.52. The first-order valence-corrected chi connectivity index (χ1v) is 12.6. The fraction of sp³-hybridized carbons (Fsp3) is 0.367. The summed E-state index contributed by atoms with van der Waals surface area (Å²) in [6.45, 7) is 3.39. The first-order valence-electron chi connectivity index (χ1n) is 12.6. The second-order valence-electron chi connectivity index (χ2n) is 9.78. The number of aliphatic carboxylic acids is 1. The van der Waals surface area contributed by atoms with Crippen molar-refractivity contribution in [3.63, 3.8) is 0 Å². The summed E-state index contributed by atoms with van der Waals surface area (Å²) < 4.78 is 12.2. The highest BCUT2D eigenvalue weighted by Crippen LogP contribution is 2.41. The molecule has 0 aromatic heterocycles. The van der Waals surface area contributed by atoms with Gasteiger partial charge in [-0.15, -0.1) is 0 Å². The summed E-state index contributed by atoms with van der Waals surface area (Å²) >= 11 is 0. The summed E-state index contributed by atoms with van der Waals surface area (Å²) in [4.78, 5) is 13.6. The van der Waals surface area contributed by atoms with Crippen LogP contribution in [0.15, 0.2) is 54.6 Å². The molecule has 0 radical (unpaired) electrons. The number of hydrogen-bond donors (Lipinski definition) is 2. The molecule has 6 heteroatoms. The molecular weight excluding hydrogens is 454 g/mol. The summed E-state index contributed by atoms with van der Waals surface area (Å²) in [5, 5.41) is 19.7. The van der Waals surface area contributed by atoms with Crippen molar-refractivity contribution in [1.29, 1.82) is 0 Å². The maximum absolute atomic E-state index is 11.7. The van der Waals surface area contributed by atoms with Crippen molar-refractivity contribution < 1.29 is 24.5 Å². The van der Waals surface area contributed by atoms with Crippen molar-refractivity contribution in [3.8, 4) is 22.6 Å². The molecule has 6 nitrogen and oxygen atoms in total. The molecule has 1 heterocycles. The van der Waals surface area contributed by atoms with E-state index in [1.165, 1.54) is 27.8 Å². The summed E-state index contributed by atoms with van der Waals surface area (Å²) in [7, 11) is 1.64. The number of rotatable bonds is 8.